The van der Waals surface area contributed by atoms with Gasteiger partial charge in [0.1, 0.15) is 0 Å². The summed E-state index contributed by atoms with van der Waals surface area (Å²) >= 11 is 4.62. The first-order chi connectivity index (χ1) is 6.07. The summed E-state index contributed by atoms with van der Waals surface area (Å²) in [6, 6.07) is 0. The van der Waals surface area contributed by atoms with Crippen LogP contribution in [-0.2, 0) is 9.53 Å². The molecular formula is C8H9BrO3S. The number of carbonyl (C=O) groups excluding carboxylic acids is 1. The van der Waals surface area contributed by atoms with Crippen molar-refractivity contribution in [1.82, 2.24) is 0 Å². The highest BCUT2D eigenvalue weighted by molar-refractivity contribution is 9.10. The van der Waals surface area contributed by atoms with Crippen molar-refractivity contribution < 1.29 is 14.6 Å². The molecule has 1 aromatic heterocycles. The molecule has 1 atom stereocenters. The number of ether oxygens (including phenoxy) is 1. The van der Waals surface area contributed by atoms with Crippen LogP contribution in [0.2, 0.25) is 0 Å². The van der Waals surface area contributed by atoms with E-state index in [9.17, 15) is 9.90 Å². The second-order valence-corrected chi connectivity index (χ2v) is 4.23. The number of hydrogen-bond acceptors (Lipinski definition) is 4. The summed E-state index contributed by atoms with van der Waals surface area (Å²) in [5.74, 6) is -0.637. The monoisotopic (exact) mass is 264 g/mol. The molecule has 1 heterocycles. The van der Waals surface area contributed by atoms with Crippen molar-refractivity contribution in [3.8, 4) is 0 Å². The number of aliphatic hydroxyl groups excluding tert-OH is 1. The molecule has 5 heteroatoms. The molecule has 0 fully saturated rings. The van der Waals surface area contributed by atoms with Gasteiger partial charge in [-0.1, -0.05) is 0 Å². The predicted octanol–water partition coefficient (Wildman–Crippen LogP) is 2.03. The molecule has 1 aromatic rings. The molecule has 0 aliphatic heterocycles. The van der Waals surface area contributed by atoms with E-state index in [4.69, 9.17) is 0 Å². The van der Waals surface area contributed by atoms with Crippen molar-refractivity contribution >= 4 is 33.2 Å². The van der Waals surface area contributed by atoms with Crippen LogP contribution in [0.5, 0.6) is 0 Å². The molecule has 0 radical (unpaired) electrons. The smallest absolute Gasteiger partial charge is 0.340 e. The number of esters is 1. The predicted molar refractivity (Wildman–Crippen MR) is 53.7 cm³/mol. The fourth-order valence-corrected chi connectivity index (χ4v) is 2.53. The Morgan fingerprint density at radius 2 is 2.38 bits per heavy atom. The standard InChI is InChI=1S/C8H9BrO3S/c1-4-3-13-7(5(4)9)6(10)8(11)12-2/h3,6,10H,1-2H3. The van der Waals surface area contributed by atoms with Crippen LogP contribution in [0.4, 0.5) is 0 Å². The summed E-state index contributed by atoms with van der Waals surface area (Å²) in [5.41, 5.74) is 1.00. The van der Waals surface area contributed by atoms with E-state index in [1.807, 2.05) is 12.3 Å². The maximum Gasteiger partial charge on any atom is 0.340 e. The molecule has 0 aliphatic carbocycles. The average molecular weight is 265 g/mol. The Kier molecular flexibility index (Phi) is 3.47. The van der Waals surface area contributed by atoms with Crippen molar-refractivity contribution in [3.05, 3.63) is 20.3 Å². The largest absolute Gasteiger partial charge is 0.467 e. The van der Waals surface area contributed by atoms with Gasteiger partial charge in [-0.25, -0.2) is 4.79 Å². The van der Waals surface area contributed by atoms with Crippen LogP contribution in [0, 0.1) is 6.92 Å². The van der Waals surface area contributed by atoms with E-state index >= 15 is 0 Å². The number of aliphatic hydroxyl groups is 1. The normalized spacial score (nSPS) is 12.6. The third-order valence-corrected chi connectivity index (χ3v) is 4.07. The van der Waals surface area contributed by atoms with E-state index in [0.29, 0.717) is 4.88 Å². The summed E-state index contributed by atoms with van der Waals surface area (Å²) in [6.07, 6.45) is -1.18. The summed E-state index contributed by atoms with van der Waals surface area (Å²) in [7, 11) is 1.25. The SMILES string of the molecule is COC(=O)C(O)c1scc(C)c1Br. The summed E-state index contributed by atoms with van der Waals surface area (Å²) in [5, 5.41) is 11.4. The van der Waals surface area contributed by atoms with Gasteiger partial charge in [-0.3, -0.25) is 0 Å². The van der Waals surface area contributed by atoms with Gasteiger partial charge in [0.15, 0.2) is 6.10 Å². The van der Waals surface area contributed by atoms with Crippen LogP contribution in [0.3, 0.4) is 0 Å². The number of methoxy groups -OCH3 is 1. The van der Waals surface area contributed by atoms with Gasteiger partial charge in [-0.2, -0.15) is 0 Å². The lowest BCUT2D eigenvalue weighted by molar-refractivity contribution is -0.150. The average Bonchev–Trinajstić information content (AvgIpc) is 2.45. The van der Waals surface area contributed by atoms with E-state index in [-0.39, 0.29) is 0 Å². The Balaban J connectivity index is 2.95. The first-order valence-electron chi connectivity index (χ1n) is 3.57. The zero-order valence-corrected chi connectivity index (χ0v) is 9.61. The minimum absolute atomic E-state index is 0.587. The molecule has 0 saturated heterocycles. The number of thiophene rings is 1. The Bertz CT molecular complexity index is 321. The summed E-state index contributed by atoms with van der Waals surface area (Å²) in [4.78, 5) is 11.6. The van der Waals surface area contributed by atoms with Gasteiger partial charge in [0.25, 0.3) is 0 Å². The first kappa shape index (κ1) is 10.7. The number of aryl methyl sites for hydroxylation is 1. The molecule has 72 valence electrons. The van der Waals surface area contributed by atoms with Gasteiger partial charge in [0, 0.05) is 4.47 Å². The van der Waals surface area contributed by atoms with Gasteiger partial charge in [-0.15, -0.1) is 11.3 Å². The topological polar surface area (TPSA) is 46.5 Å². The molecule has 0 amide bonds. The van der Waals surface area contributed by atoms with Crippen molar-refractivity contribution in [3.63, 3.8) is 0 Å². The van der Waals surface area contributed by atoms with E-state index in [0.717, 1.165) is 10.0 Å². The van der Waals surface area contributed by atoms with E-state index in [2.05, 4.69) is 20.7 Å². The van der Waals surface area contributed by atoms with Crippen LogP contribution in [0.15, 0.2) is 9.85 Å². The third-order valence-electron chi connectivity index (χ3n) is 1.60. The van der Waals surface area contributed by atoms with Gasteiger partial charge >= 0.3 is 5.97 Å². The molecule has 0 aliphatic rings. The Morgan fingerprint density at radius 1 is 1.77 bits per heavy atom. The molecule has 0 saturated carbocycles. The molecule has 3 nitrogen and oxygen atoms in total. The lowest BCUT2D eigenvalue weighted by Gasteiger charge is -2.06. The maximum atomic E-state index is 11.0. The first-order valence-corrected chi connectivity index (χ1v) is 5.24. The van der Waals surface area contributed by atoms with Crippen LogP contribution in [0.1, 0.15) is 16.5 Å². The maximum absolute atomic E-state index is 11.0. The summed E-state index contributed by atoms with van der Waals surface area (Å²) < 4.78 is 5.20. The lowest BCUT2D eigenvalue weighted by Crippen LogP contribution is -2.12. The molecule has 13 heavy (non-hydrogen) atoms. The molecule has 1 N–H and O–H groups in total. The second-order valence-electron chi connectivity index (χ2n) is 2.52. The number of hydrogen-bond donors (Lipinski definition) is 1. The highest BCUT2D eigenvalue weighted by atomic mass is 79.9. The van der Waals surface area contributed by atoms with Crippen LogP contribution in [0.25, 0.3) is 0 Å². The van der Waals surface area contributed by atoms with Crippen LogP contribution < -0.4 is 0 Å². The summed E-state index contributed by atoms with van der Waals surface area (Å²) in [6.45, 7) is 1.90. The Morgan fingerprint density at radius 3 is 2.77 bits per heavy atom. The molecule has 1 rings (SSSR count). The van der Waals surface area contributed by atoms with Gasteiger partial charge in [0.2, 0.25) is 0 Å². The van der Waals surface area contributed by atoms with Gasteiger partial charge in [0.05, 0.1) is 12.0 Å². The highest BCUT2D eigenvalue weighted by Crippen LogP contribution is 2.33. The van der Waals surface area contributed by atoms with Crippen molar-refractivity contribution in [2.24, 2.45) is 0 Å². The molecule has 1 unspecified atom stereocenters. The van der Waals surface area contributed by atoms with Crippen LogP contribution >= 0.6 is 27.3 Å². The minimum atomic E-state index is -1.18. The van der Waals surface area contributed by atoms with Gasteiger partial charge in [-0.05, 0) is 33.8 Å². The third kappa shape index (κ3) is 2.10. The molecule has 0 aromatic carbocycles. The number of rotatable bonds is 2. The van der Waals surface area contributed by atoms with Crippen molar-refractivity contribution in [2.45, 2.75) is 13.0 Å². The second kappa shape index (κ2) is 4.21. The molecular weight excluding hydrogens is 256 g/mol. The quantitative estimate of drug-likeness (QED) is 0.832. The van der Waals surface area contributed by atoms with E-state index < -0.39 is 12.1 Å². The fraction of sp³-hybridized carbons (Fsp3) is 0.375. The highest BCUT2D eigenvalue weighted by Gasteiger charge is 2.22. The van der Waals surface area contributed by atoms with Crippen molar-refractivity contribution in [1.29, 1.82) is 0 Å². The zero-order valence-electron chi connectivity index (χ0n) is 7.20. The Hall–Kier alpha value is -0.390. The van der Waals surface area contributed by atoms with Gasteiger partial charge < -0.3 is 9.84 Å². The number of halogens is 1. The molecule has 0 spiro atoms. The minimum Gasteiger partial charge on any atom is -0.467 e. The number of carbonyl (C=O) groups is 1. The lowest BCUT2D eigenvalue weighted by atomic mass is 10.2. The zero-order chi connectivity index (χ0) is 10.0. The fourth-order valence-electron chi connectivity index (χ4n) is 0.853. The molecule has 0 bridgehead atoms. The van der Waals surface area contributed by atoms with E-state index in [1.54, 1.807) is 0 Å². The van der Waals surface area contributed by atoms with Crippen molar-refractivity contribution in [2.75, 3.05) is 7.11 Å². The van der Waals surface area contributed by atoms with Crippen LogP contribution in [-0.4, -0.2) is 18.2 Å². The van der Waals surface area contributed by atoms with E-state index in [1.165, 1.54) is 18.4 Å². The Labute approximate surface area is 88.5 Å².